The molecule has 1 N–H and O–H groups in total. The van der Waals surface area contributed by atoms with Gasteiger partial charge in [0.25, 0.3) is 0 Å². The Labute approximate surface area is 98.0 Å². The first kappa shape index (κ1) is 12.0. The number of anilines is 1. The van der Waals surface area contributed by atoms with Crippen molar-refractivity contribution in [3.05, 3.63) is 22.3 Å². The SMILES string of the molecule is CNCCN(C)c1ncc(Br)cc1C#N. The standard InChI is InChI=1S/C10H13BrN4/c1-13-3-4-15(2)10-8(6-12)5-9(11)7-14-10/h5,7,13H,3-4H2,1-2H3. The number of rotatable bonds is 4. The van der Waals surface area contributed by atoms with E-state index >= 15 is 0 Å². The number of hydrogen-bond acceptors (Lipinski definition) is 4. The Hall–Kier alpha value is -1.12. The van der Waals surface area contributed by atoms with Gasteiger partial charge in [-0.3, -0.25) is 0 Å². The van der Waals surface area contributed by atoms with Crippen molar-refractivity contribution in [1.82, 2.24) is 10.3 Å². The van der Waals surface area contributed by atoms with Crippen LogP contribution in [0.5, 0.6) is 0 Å². The van der Waals surface area contributed by atoms with Crippen LogP contribution >= 0.6 is 15.9 Å². The molecule has 1 heterocycles. The summed E-state index contributed by atoms with van der Waals surface area (Å²) < 4.78 is 0.824. The lowest BCUT2D eigenvalue weighted by Gasteiger charge is -2.18. The summed E-state index contributed by atoms with van der Waals surface area (Å²) in [5, 5.41) is 12.0. The van der Waals surface area contributed by atoms with Crippen molar-refractivity contribution in [2.75, 3.05) is 32.1 Å². The Balaban J connectivity index is 2.89. The van der Waals surface area contributed by atoms with Gasteiger partial charge in [0.05, 0.1) is 5.56 Å². The summed E-state index contributed by atoms with van der Waals surface area (Å²) in [6.07, 6.45) is 1.70. The number of nitrogens with zero attached hydrogens (tertiary/aromatic N) is 3. The van der Waals surface area contributed by atoms with Gasteiger partial charge >= 0.3 is 0 Å². The van der Waals surface area contributed by atoms with Crippen LogP contribution in [0.15, 0.2) is 16.7 Å². The Morgan fingerprint density at radius 1 is 1.67 bits per heavy atom. The minimum atomic E-state index is 0.586. The first-order valence-corrected chi connectivity index (χ1v) is 5.39. The molecule has 0 aromatic carbocycles. The van der Waals surface area contributed by atoms with Gasteiger partial charge in [0, 0.05) is 30.8 Å². The molecule has 0 aliphatic rings. The van der Waals surface area contributed by atoms with Gasteiger partial charge in [-0.1, -0.05) is 0 Å². The van der Waals surface area contributed by atoms with Crippen molar-refractivity contribution in [3.63, 3.8) is 0 Å². The molecular formula is C10H13BrN4. The highest BCUT2D eigenvalue weighted by Crippen LogP contribution is 2.19. The zero-order valence-corrected chi connectivity index (χ0v) is 10.4. The van der Waals surface area contributed by atoms with Crippen LogP contribution in [0, 0.1) is 11.3 Å². The second kappa shape index (κ2) is 5.69. The molecule has 0 aliphatic heterocycles. The van der Waals surface area contributed by atoms with E-state index < -0.39 is 0 Å². The maximum atomic E-state index is 8.96. The van der Waals surface area contributed by atoms with Crippen LogP contribution < -0.4 is 10.2 Å². The fourth-order valence-corrected chi connectivity index (χ4v) is 1.54. The van der Waals surface area contributed by atoms with E-state index in [4.69, 9.17) is 5.26 Å². The zero-order valence-electron chi connectivity index (χ0n) is 8.79. The highest BCUT2D eigenvalue weighted by atomic mass is 79.9. The largest absolute Gasteiger partial charge is 0.357 e. The highest BCUT2D eigenvalue weighted by Gasteiger charge is 2.08. The maximum Gasteiger partial charge on any atom is 0.146 e. The molecule has 1 rings (SSSR count). The number of pyridine rings is 1. The molecule has 0 saturated carbocycles. The lowest BCUT2D eigenvalue weighted by atomic mass is 10.2. The number of nitriles is 1. The Morgan fingerprint density at radius 3 is 3.00 bits per heavy atom. The van der Waals surface area contributed by atoms with Crippen molar-refractivity contribution in [2.45, 2.75) is 0 Å². The summed E-state index contributed by atoms with van der Waals surface area (Å²) in [5.74, 6) is 0.718. The molecule has 80 valence electrons. The van der Waals surface area contributed by atoms with Crippen LogP contribution in [0.1, 0.15) is 5.56 Å². The molecule has 0 amide bonds. The van der Waals surface area contributed by atoms with Crippen molar-refractivity contribution in [1.29, 1.82) is 5.26 Å². The number of likely N-dealkylation sites (N-methyl/N-ethyl adjacent to an activating group) is 2. The summed E-state index contributed by atoms with van der Waals surface area (Å²) >= 11 is 3.29. The molecule has 0 atom stereocenters. The number of halogens is 1. The molecule has 0 bridgehead atoms. The van der Waals surface area contributed by atoms with Gasteiger partial charge < -0.3 is 10.2 Å². The van der Waals surface area contributed by atoms with Gasteiger partial charge in [-0.25, -0.2) is 4.98 Å². The van der Waals surface area contributed by atoms with Gasteiger partial charge in [-0.2, -0.15) is 5.26 Å². The van der Waals surface area contributed by atoms with Gasteiger partial charge in [0.1, 0.15) is 11.9 Å². The number of nitrogens with one attached hydrogen (secondary N) is 1. The van der Waals surface area contributed by atoms with Gasteiger partial charge in [0.15, 0.2) is 0 Å². The van der Waals surface area contributed by atoms with Crippen LogP contribution in [-0.2, 0) is 0 Å². The molecule has 5 heteroatoms. The average molecular weight is 269 g/mol. The first-order valence-electron chi connectivity index (χ1n) is 4.60. The third kappa shape index (κ3) is 3.18. The highest BCUT2D eigenvalue weighted by molar-refractivity contribution is 9.10. The molecular weight excluding hydrogens is 256 g/mol. The van der Waals surface area contributed by atoms with Gasteiger partial charge in [-0.05, 0) is 29.0 Å². The fourth-order valence-electron chi connectivity index (χ4n) is 1.20. The quantitative estimate of drug-likeness (QED) is 0.897. The topological polar surface area (TPSA) is 52.0 Å². The van der Waals surface area contributed by atoms with Gasteiger partial charge in [0.2, 0.25) is 0 Å². The van der Waals surface area contributed by atoms with Crippen LogP contribution in [0.2, 0.25) is 0 Å². The molecule has 15 heavy (non-hydrogen) atoms. The molecule has 0 spiro atoms. The minimum Gasteiger partial charge on any atom is -0.357 e. The van der Waals surface area contributed by atoms with E-state index in [2.05, 4.69) is 32.3 Å². The summed E-state index contributed by atoms with van der Waals surface area (Å²) in [7, 11) is 3.82. The smallest absolute Gasteiger partial charge is 0.146 e. The fraction of sp³-hybridized carbons (Fsp3) is 0.400. The average Bonchev–Trinajstić information content (AvgIpc) is 2.25. The van der Waals surface area contributed by atoms with E-state index in [1.807, 2.05) is 19.0 Å². The molecule has 0 saturated heterocycles. The molecule has 1 aromatic rings. The third-order valence-electron chi connectivity index (χ3n) is 2.01. The van der Waals surface area contributed by atoms with E-state index in [-0.39, 0.29) is 0 Å². The zero-order chi connectivity index (χ0) is 11.3. The lowest BCUT2D eigenvalue weighted by Crippen LogP contribution is -2.28. The minimum absolute atomic E-state index is 0.586. The van der Waals surface area contributed by atoms with Gasteiger partial charge in [-0.15, -0.1) is 0 Å². The Morgan fingerprint density at radius 2 is 2.40 bits per heavy atom. The number of hydrogen-bond donors (Lipinski definition) is 1. The molecule has 0 unspecified atom stereocenters. The molecule has 4 nitrogen and oxygen atoms in total. The summed E-state index contributed by atoms with van der Waals surface area (Å²) in [4.78, 5) is 6.19. The van der Waals surface area contributed by atoms with E-state index in [0.29, 0.717) is 5.56 Å². The summed E-state index contributed by atoms with van der Waals surface area (Å²) in [5.41, 5.74) is 0.586. The van der Waals surface area contributed by atoms with E-state index in [1.54, 1.807) is 12.3 Å². The van der Waals surface area contributed by atoms with Crippen molar-refractivity contribution in [3.8, 4) is 6.07 Å². The second-order valence-electron chi connectivity index (χ2n) is 3.16. The molecule has 0 radical (unpaired) electrons. The molecule has 1 aromatic heterocycles. The lowest BCUT2D eigenvalue weighted by molar-refractivity contribution is 0.760. The second-order valence-corrected chi connectivity index (χ2v) is 4.08. The summed E-state index contributed by atoms with van der Waals surface area (Å²) in [6.45, 7) is 1.68. The van der Waals surface area contributed by atoms with Crippen LogP contribution in [0.25, 0.3) is 0 Å². The summed E-state index contributed by atoms with van der Waals surface area (Å²) in [6, 6.07) is 3.92. The van der Waals surface area contributed by atoms with Crippen molar-refractivity contribution in [2.24, 2.45) is 0 Å². The van der Waals surface area contributed by atoms with E-state index in [1.165, 1.54) is 0 Å². The van der Waals surface area contributed by atoms with Crippen molar-refractivity contribution >= 4 is 21.7 Å². The molecule has 0 aliphatic carbocycles. The maximum absolute atomic E-state index is 8.96. The molecule has 0 fully saturated rings. The normalized spacial score (nSPS) is 9.73. The van der Waals surface area contributed by atoms with Crippen LogP contribution in [0.3, 0.4) is 0 Å². The Bertz CT molecular complexity index is 372. The number of aromatic nitrogens is 1. The predicted molar refractivity (Wildman–Crippen MR) is 63.8 cm³/mol. The Kier molecular flexibility index (Phi) is 4.53. The van der Waals surface area contributed by atoms with E-state index in [9.17, 15) is 0 Å². The van der Waals surface area contributed by atoms with Crippen LogP contribution in [-0.4, -0.2) is 32.2 Å². The monoisotopic (exact) mass is 268 g/mol. The van der Waals surface area contributed by atoms with Crippen LogP contribution in [0.4, 0.5) is 5.82 Å². The predicted octanol–water partition coefficient (Wildman–Crippen LogP) is 1.37. The third-order valence-corrected chi connectivity index (χ3v) is 2.45. The van der Waals surface area contributed by atoms with E-state index in [0.717, 1.165) is 23.4 Å². The first-order chi connectivity index (χ1) is 7.19. The van der Waals surface area contributed by atoms with Crippen molar-refractivity contribution < 1.29 is 0 Å².